The Kier molecular flexibility index (Phi) is 5.90. The van der Waals surface area contributed by atoms with Crippen molar-refractivity contribution in [3.8, 4) is 5.75 Å². The van der Waals surface area contributed by atoms with Crippen molar-refractivity contribution in [1.29, 1.82) is 5.41 Å². The second-order valence-corrected chi connectivity index (χ2v) is 10.6. The molecule has 3 heterocycles. The quantitative estimate of drug-likeness (QED) is 0.317. The largest absolute Gasteiger partial charge is 0.488 e. The zero-order chi connectivity index (χ0) is 23.7. The van der Waals surface area contributed by atoms with Crippen molar-refractivity contribution in [3.05, 3.63) is 82.0 Å². The van der Waals surface area contributed by atoms with Gasteiger partial charge in [-0.05, 0) is 54.6 Å². The van der Waals surface area contributed by atoms with Gasteiger partial charge in [0.25, 0.3) is 10.0 Å². The molecule has 0 radical (unpaired) electrons. The van der Waals surface area contributed by atoms with Gasteiger partial charge in [0.05, 0.1) is 28.3 Å². The molecule has 2 aromatic heterocycles. The Morgan fingerprint density at radius 3 is 2.65 bits per heavy atom. The minimum absolute atomic E-state index is 0.110. The van der Waals surface area contributed by atoms with E-state index in [4.69, 9.17) is 26.2 Å². The molecule has 12 heteroatoms. The lowest BCUT2D eigenvalue weighted by atomic mass is 10.2. The molecule has 0 spiro atoms. The standard InChI is InChI=1S/C22H18ClN5O4S2/c23-22-25-11-17(33-22)12-32-16-5-7-18(8-6-16)34(29,30)27-14-1-3-15(4-2-14)28-13-26-21-19(20(28)24)9-10-31-21/h1-11,24,26-27H,12-13H2. The molecular formula is C22H18ClN5O4S2. The number of hydrogen-bond donors (Lipinski definition) is 3. The molecule has 1 aliphatic heterocycles. The third kappa shape index (κ3) is 4.58. The molecular weight excluding hydrogens is 498 g/mol. The highest BCUT2D eigenvalue weighted by Gasteiger charge is 2.24. The SMILES string of the molecule is N=C1c2ccoc2NCN1c1ccc(NS(=O)(=O)c2ccc(OCc3cnc(Cl)s3)cc2)cc1. The van der Waals surface area contributed by atoms with Gasteiger partial charge in [0.2, 0.25) is 5.88 Å². The molecule has 174 valence electrons. The maximum Gasteiger partial charge on any atom is 0.261 e. The third-order valence-corrected chi connectivity index (χ3v) is 7.55. The van der Waals surface area contributed by atoms with Gasteiger partial charge >= 0.3 is 0 Å². The number of sulfonamides is 1. The molecule has 0 unspecified atom stereocenters. The van der Waals surface area contributed by atoms with Crippen molar-refractivity contribution < 1.29 is 17.6 Å². The third-order valence-electron chi connectivity index (χ3n) is 5.06. The summed E-state index contributed by atoms with van der Waals surface area (Å²) in [4.78, 5) is 6.69. The van der Waals surface area contributed by atoms with E-state index >= 15 is 0 Å². The highest BCUT2D eigenvalue weighted by atomic mass is 35.5. The zero-order valence-electron chi connectivity index (χ0n) is 17.5. The van der Waals surface area contributed by atoms with Crippen LogP contribution in [0.4, 0.5) is 17.3 Å². The molecule has 0 bridgehead atoms. The van der Waals surface area contributed by atoms with Crippen LogP contribution in [0.15, 0.2) is 76.4 Å². The normalized spacial score (nSPS) is 13.3. The minimum atomic E-state index is -3.79. The number of hydrogen-bond acceptors (Lipinski definition) is 8. The Morgan fingerprint density at radius 1 is 1.18 bits per heavy atom. The van der Waals surface area contributed by atoms with Crippen molar-refractivity contribution in [3.63, 3.8) is 0 Å². The zero-order valence-corrected chi connectivity index (χ0v) is 19.9. The molecule has 0 saturated heterocycles. The van der Waals surface area contributed by atoms with Crippen molar-refractivity contribution in [2.45, 2.75) is 11.5 Å². The molecule has 4 aromatic rings. The number of furan rings is 1. The van der Waals surface area contributed by atoms with E-state index in [0.717, 1.165) is 10.6 Å². The average molecular weight is 516 g/mol. The summed E-state index contributed by atoms with van der Waals surface area (Å²) in [5.74, 6) is 1.40. The predicted octanol–water partition coefficient (Wildman–Crippen LogP) is 4.98. The molecule has 34 heavy (non-hydrogen) atoms. The Bertz CT molecular complexity index is 1430. The number of anilines is 3. The van der Waals surface area contributed by atoms with Gasteiger partial charge in [-0.25, -0.2) is 13.4 Å². The molecule has 3 N–H and O–H groups in total. The molecule has 0 fully saturated rings. The summed E-state index contributed by atoms with van der Waals surface area (Å²) in [5, 5.41) is 11.5. The monoisotopic (exact) mass is 515 g/mol. The summed E-state index contributed by atoms with van der Waals surface area (Å²) in [6.45, 7) is 0.669. The van der Waals surface area contributed by atoms with Gasteiger partial charge in [0, 0.05) is 17.6 Å². The van der Waals surface area contributed by atoms with Gasteiger partial charge in [-0.1, -0.05) is 11.6 Å². The predicted molar refractivity (Wildman–Crippen MR) is 132 cm³/mol. The average Bonchev–Trinajstić information content (AvgIpc) is 3.48. The fourth-order valence-electron chi connectivity index (χ4n) is 3.37. The number of thiazole rings is 1. The fourth-order valence-corrected chi connectivity index (χ4v) is 5.32. The number of fused-ring (bicyclic) bond motifs is 1. The van der Waals surface area contributed by atoms with Crippen LogP contribution in [0.1, 0.15) is 10.4 Å². The second kappa shape index (κ2) is 9.01. The van der Waals surface area contributed by atoms with E-state index in [9.17, 15) is 8.42 Å². The van der Waals surface area contributed by atoms with Crippen LogP contribution in [-0.4, -0.2) is 25.9 Å². The first-order valence-corrected chi connectivity index (χ1v) is 12.7. The number of nitrogens with one attached hydrogen (secondary N) is 3. The minimum Gasteiger partial charge on any atom is -0.488 e. The van der Waals surface area contributed by atoms with Crippen LogP contribution >= 0.6 is 22.9 Å². The Balaban J connectivity index is 1.23. The summed E-state index contributed by atoms with van der Waals surface area (Å²) in [5.41, 5.74) is 1.82. The summed E-state index contributed by atoms with van der Waals surface area (Å²) in [6.07, 6.45) is 3.17. The number of nitrogens with zero attached hydrogens (tertiary/aromatic N) is 2. The van der Waals surface area contributed by atoms with Crippen LogP contribution in [0.2, 0.25) is 4.47 Å². The van der Waals surface area contributed by atoms with Crippen molar-refractivity contribution in [2.75, 3.05) is 21.6 Å². The van der Waals surface area contributed by atoms with Crippen LogP contribution < -0.4 is 19.7 Å². The van der Waals surface area contributed by atoms with Crippen LogP contribution in [-0.2, 0) is 16.6 Å². The first kappa shape index (κ1) is 22.3. The molecule has 0 saturated carbocycles. The highest BCUT2D eigenvalue weighted by Crippen LogP contribution is 2.28. The van der Waals surface area contributed by atoms with Crippen molar-refractivity contribution >= 4 is 56.1 Å². The van der Waals surface area contributed by atoms with E-state index < -0.39 is 10.0 Å². The summed E-state index contributed by atoms with van der Waals surface area (Å²) in [7, 11) is -3.79. The Hall–Kier alpha value is -3.54. The molecule has 1 aliphatic rings. The number of ether oxygens (including phenoxy) is 1. The summed E-state index contributed by atoms with van der Waals surface area (Å²) < 4.78 is 39.6. The maximum atomic E-state index is 12.8. The van der Waals surface area contributed by atoms with Crippen LogP contribution in [0.5, 0.6) is 5.75 Å². The fraction of sp³-hybridized carbons (Fsp3) is 0.0909. The van der Waals surface area contributed by atoms with Crippen LogP contribution in [0, 0.1) is 5.41 Å². The summed E-state index contributed by atoms with van der Waals surface area (Å²) in [6, 6.07) is 14.7. The lowest BCUT2D eigenvalue weighted by molar-refractivity contribution is 0.309. The van der Waals surface area contributed by atoms with Gasteiger partial charge in [-0.3, -0.25) is 10.1 Å². The number of aromatic nitrogens is 1. The molecule has 2 aromatic carbocycles. The Labute approximate surface area is 204 Å². The van der Waals surface area contributed by atoms with E-state index in [1.54, 1.807) is 53.6 Å². The van der Waals surface area contributed by atoms with Gasteiger partial charge in [-0.2, -0.15) is 0 Å². The van der Waals surface area contributed by atoms with Gasteiger partial charge in [0.15, 0.2) is 4.47 Å². The van der Waals surface area contributed by atoms with E-state index in [1.165, 1.54) is 29.7 Å². The second-order valence-electron chi connectivity index (χ2n) is 7.27. The van der Waals surface area contributed by atoms with Crippen LogP contribution in [0.25, 0.3) is 0 Å². The molecule has 0 amide bonds. The van der Waals surface area contributed by atoms with E-state index in [-0.39, 0.29) is 4.90 Å². The number of rotatable bonds is 7. The first-order chi connectivity index (χ1) is 16.4. The van der Waals surface area contributed by atoms with Crippen molar-refractivity contribution in [2.24, 2.45) is 0 Å². The van der Waals surface area contributed by atoms with E-state index in [1.807, 2.05) is 0 Å². The highest BCUT2D eigenvalue weighted by molar-refractivity contribution is 7.92. The lowest BCUT2D eigenvalue weighted by Gasteiger charge is -2.29. The van der Waals surface area contributed by atoms with Gasteiger partial charge in [0.1, 0.15) is 18.2 Å². The van der Waals surface area contributed by atoms with Gasteiger partial charge in [-0.15, -0.1) is 11.3 Å². The smallest absolute Gasteiger partial charge is 0.261 e. The number of amidine groups is 1. The lowest BCUT2D eigenvalue weighted by Crippen LogP contribution is -2.39. The Morgan fingerprint density at radius 2 is 1.94 bits per heavy atom. The van der Waals surface area contributed by atoms with Gasteiger partial charge < -0.3 is 19.4 Å². The van der Waals surface area contributed by atoms with E-state index in [0.29, 0.717) is 46.5 Å². The molecule has 5 rings (SSSR count). The maximum absolute atomic E-state index is 12.8. The van der Waals surface area contributed by atoms with E-state index in [2.05, 4.69) is 15.0 Å². The topological polar surface area (TPSA) is 121 Å². The van der Waals surface area contributed by atoms with Crippen LogP contribution in [0.3, 0.4) is 0 Å². The number of halogens is 1. The molecule has 0 aliphatic carbocycles. The number of benzene rings is 2. The molecule has 0 atom stereocenters. The summed E-state index contributed by atoms with van der Waals surface area (Å²) >= 11 is 7.13. The first-order valence-electron chi connectivity index (χ1n) is 10.0. The molecule has 9 nitrogen and oxygen atoms in total. The van der Waals surface area contributed by atoms with Crippen molar-refractivity contribution in [1.82, 2.24) is 4.98 Å².